The van der Waals surface area contributed by atoms with Crippen molar-refractivity contribution in [2.45, 2.75) is 0 Å². The second kappa shape index (κ2) is 5.85. The van der Waals surface area contributed by atoms with Gasteiger partial charge in [0.05, 0.1) is 31.0 Å². The summed E-state index contributed by atoms with van der Waals surface area (Å²) in [5.41, 5.74) is 2.73. The number of methoxy groups -OCH3 is 2. The Kier molecular flexibility index (Phi) is 3.74. The number of pyridine rings is 1. The van der Waals surface area contributed by atoms with Crippen LogP contribution in [-0.4, -0.2) is 25.2 Å². The molecule has 0 saturated heterocycles. The van der Waals surface area contributed by atoms with E-state index in [1.807, 2.05) is 54.6 Å². The number of fused-ring (bicyclic) bond motifs is 1. The molecule has 0 spiro atoms. The van der Waals surface area contributed by atoms with Crippen LogP contribution in [0.5, 0.6) is 5.75 Å². The van der Waals surface area contributed by atoms with Crippen LogP contribution >= 0.6 is 0 Å². The Hall–Kier alpha value is -2.88. The standard InChI is InChI=1S/C18H15NO3/c1-21-14-9-7-12(8-10-14)17-15(18(20)22-2)11-13-5-3-4-6-16(13)19-17/h3-11H,1-2H3. The third kappa shape index (κ3) is 2.51. The topological polar surface area (TPSA) is 48.4 Å². The van der Waals surface area contributed by atoms with Gasteiger partial charge in [0.2, 0.25) is 0 Å². The first kappa shape index (κ1) is 14.1. The molecule has 0 atom stereocenters. The maximum Gasteiger partial charge on any atom is 0.340 e. The summed E-state index contributed by atoms with van der Waals surface area (Å²) in [4.78, 5) is 16.7. The van der Waals surface area contributed by atoms with Gasteiger partial charge in [0.15, 0.2) is 0 Å². The number of carbonyl (C=O) groups is 1. The zero-order valence-corrected chi connectivity index (χ0v) is 12.4. The highest BCUT2D eigenvalue weighted by Gasteiger charge is 2.16. The molecule has 4 nitrogen and oxygen atoms in total. The van der Waals surface area contributed by atoms with Gasteiger partial charge in [-0.15, -0.1) is 0 Å². The van der Waals surface area contributed by atoms with E-state index in [0.717, 1.165) is 22.2 Å². The minimum Gasteiger partial charge on any atom is -0.497 e. The summed E-state index contributed by atoms with van der Waals surface area (Å²) in [6, 6.07) is 16.9. The highest BCUT2D eigenvalue weighted by Crippen LogP contribution is 2.27. The van der Waals surface area contributed by atoms with E-state index in [1.165, 1.54) is 7.11 Å². The predicted octanol–water partition coefficient (Wildman–Crippen LogP) is 3.70. The van der Waals surface area contributed by atoms with Crippen molar-refractivity contribution < 1.29 is 14.3 Å². The fourth-order valence-corrected chi connectivity index (χ4v) is 2.35. The summed E-state index contributed by atoms with van der Waals surface area (Å²) in [6.07, 6.45) is 0. The molecule has 0 saturated carbocycles. The van der Waals surface area contributed by atoms with Crippen molar-refractivity contribution >= 4 is 16.9 Å². The molecule has 0 aliphatic carbocycles. The largest absolute Gasteiger partial charge is 0.497 e. The van der Waals surface area contributed by atoms with E-state index in [0.29, 0.717) is 11.3 Å². The molecular weight excluding hydrogens is 278 g/mol. The molecule has 0 fully saturated rings. The second-order valence-electron chi connectivity index (χ2n) is 4.80. The quantitative estimate of drug-likeness (QED) is 0.691. The summed E-state index contributed by atoms with van der Waals surface area (Å²) in [5, 5.41) is 0.903. The van der Waals surface area contributed by atoms with Crippen molar-refractivity contribution in [2.75, 3.05) is 14.2 Å². The van der Waals surface area contributed by atoms with E-state index < -0.39 is 5.97 Å². The molecule has 2 aromatic carbocycles. The van der Waals surface area contributed by atoms with Crippen LogP contribution in [0.25, 0.3) is 22.2 Å². The van der Waals surface area contributed by atoms with Gasteiger partial charge in [0, 0.05) is 10.9 Å². The van der Waals surface area contributed by atoms with Crippen molar-refractivity contribution in [2.24, 2.45) is 0 Å². The van der Waals surface area contributed by atoms with E-state index in [-0.39, 0.29) is 0 Å². The maximum atomic E-state index is 12.1. The molecule has 22 heavy (non-hydrogen) atoms. The highest BCUT2D eigenvalue weighted by atomic mass is 16.5. The van der Waals surface area contributed by atoms with Crippen molar-refractivity contribution in [1.82, 2.24) is 4.98 Å². The third-order valence-corrected chi connectivity index (χ3v) is 3.49. The van der Waals surface area contributed by atoms with E-state index in [9.17, 15) is 4.79 Å². The fourth-order valence-electron chi connectivity index (χ4n) is 2.35. The van der Waals surface area contributed by atoms with Crippen LogP contribution in [0.15, 0.2) is 54.6 Å². The van der Waals surface area contributed by atoms with Gasteiger partial charge in [0.25, 0.3) is 0 Å². The number of para-hydroxylation sites is 1. The predicted molar refractivity (Wildman–Crippen MR) is 85.1 cm³/mol. The number of carbonyl (C=O) groups excluding carboxylic acids is 1. The molecule has 0 aliphatic heterocycles. The van der Waals surface area contributed by atoms with Gasteiger partial charge in [-0.05, 0) is 36.4 Å². The number of hydrogen-bond acceptors (Lipinski definition) is 4. The first-order valence-corrected chi connectivity index (χ1v) is 6.85. The first-order valence-electron chi connectivity index (χ1n) is 6.85. The minimum atomic E-state index is -0.399. The van der Waals surface area contributed by atoms with Gasteiger partial charge in [-0.2, -0.15) is 0 Å². The zero-order valence-electron chi connectivity index (χ0n) is 12.4. The average molecular weight is 293 g/mol. The van der Waals surface area contributed by atoms with Crippen LogP contribution in [0.2, 0.25) is 0 Å². The Morgan fingerprint density at radius 2 is 1.73 bits per heavy atom. The Balaban J connectivity index is 2.22. The third-order valence-electron chi connectivity index (χ3n) is 3.49. The number of aromatic nitrogens is 1. The molecule has 0 amide bonds. The molecule has 0 N–H and O–H groups in total. The zero-order chi connectivity index (χ0) is 15.5. The highest BCUT2D eigenvalue weighted by molar-refractivity contribution is 6.00. The summed E-state index contributed by atoms with van der Waals surface area (Å²) >= 11 is 0. The van der Waals surface area contributed by atoms with Crippen molar-refractivity contribution in [3.63, 3.8) is 0 Å². The van der Waals surface area contributed by atoms with Gasteiger partial charge in [0.1, 0.15) is 5.75 Å². The van der Waals surface area contributed by atoms with Gasteiger partial charge < -0.3 is 9.47 Å². The lowest BCUT2D eigenvalue weighted by Crippen LogP contribution is -2.05. The van der Waals surface area contributed by atoms with E-state index in [4.69, 9.17) is 9.47 Å². The summed E-state index contributed by atoms with van der Waals surface area (Å²) < 4.78 is 10.1. The monoisotopic (exact) mass is 293 g/mol. The first-order chi connectivity index (χ1) is 10.7. The Morgan fingerprint density at radius 1 is 1.00 bits per heavy atom. The molecule has 3 rings (SSSR count). The molecule has 0 aliphatic rings. The lowest BCUT2D eigenvalue weighted by Gasteiger charge is -2.10. The van der Waals surface area contributed by atoms with Crippen molar-refractivity contribution in [1.29, 1.82) is 0 Å². The average Bonchev–Trinajstić information content (AvgIpc) is 2.60. The Labute approximate surface area is 128 Å². The molecule has 110 valence electrons. The number of ether oxygens (including phenoxy) is 2. The number of hydrogen-bond donors (Lipinski definition) is 0. The molecular formula is C18H15NO3. The molecule has 0 bridgehead atoms. The van der Waals surface area contributed by atoms with Crippen LogP contribution in [0.1, 0.15) is 10.4 Å². The van der Waals surface area contributed by atoms with Crippen LogP contribution in [0.4, 0.5) is 0 Å². The molecule has 1 heterocycles. The van der Waals surface area contributed by atoms with Gasteiger partial charge >= 0.3 is 5.97 Å². The van der Waals surface area contributed by atoms with Crippen molar-refractivity contribution in [3.05, 3.63) is 60.2 Å². The van der Waals surface area contributed by atoms with Crippen LogP contribution in [0.3, 0.4) is 0 Å². The van der Waals surface area contributed by atoms with E-state index >= 15 is 0 Å². The summed E-state index contributed by atoms with van der Waals surface area (Å²) in [5.74, 6) is 0.355. The maximum absolute atomic E-state index is 12.1. The number of esters is 1. The summed E-state index contributed by atoms with van der Waals surface area (Å²) in [7, 11) is 2.98. The minimum absolute atomic E-state index is 0.399. The fraction of sp³-hybridized carbons (Fsp3) is 0.111. The molecule has 4 heteroatoms. The lowest BCUT2D eigenvalue weighted by molar-refractivity contribution is 0.0601. The molecule has 1 aromatic heterocycles. The Morgan fingerprint density at radius 3 is 2.41 bits per heavy atom. The molecule has 3 aromatic rings. The molecule has 0 radical (unpaired) electrons. The van der Waals surface area contributed by atoms with Crippen LogP contribution in [-0.2, 0) is 4.74 Å². The van der Waals surface area contributed by atoms with Gasteiger partial charge in [-0.3, -0.25) is 0 Å². The van der Waals surface area contributed by atoms with Crippen molar-refractivity contribution in [3.8, 4) is 17.0 Å². The van der Waals surface area contributed by atoms with E-state index in [1.54, 1.807) is 7.11 Å². The number of nitrogens with zero attached hydrogens (tertiary/aromatic N) is 1. The smallest absolute Gasteiger partial charge is 0.340 e. The number of rotatable bonds is 3. The van der Waals surface area contributed by atoms with Gasteiger partial charge in [-0.1, -0.05) is 18.2 Å². The van der Waals surface area contributed by atoms with Crippen LogP contribution in [0, 0.1) is 0 Å². The van der Waals surface area contributed by atoms with Crippen LogP contribution < -0.4 is 4.74 Å². The Bertz CT molecular complexity index is 825. The lowest BCUT2D eigenvalue weighted by atomic mass is 10.0. The second-order valence-corrected chi connectivity index (χ2v) is 4.80. The number of benzene rings is 2. The van der Waals surface area contributed by atoms with E-state index in [2.05, 4.69) is 4.98 Å². The summed E-state index contributed by atoms with van der Waals surface area (Å²) in [6.45, 7) is 0. The molecule has 0 unspecified atom stereocenters. The van der Waals surface area contributed by atoms with Gasteiger partial charge in [-0.25, -0.2) is 9.78 Å². The SMILES string of the molecule is COC(=O)c1cc2ccccc2nc1-c1ccc(OC)cc1. The normalized spacial score (nSPS) is 10.5.